The molecular formula is C22H34N4O2. The zero-order valence-electron chi connectivity index (χ0n) is 17.2. The number of hydrogen-bond acceptors (Lipinski definition) is 4. The van der Waals surface area contributed by atoms with Gasteiger partial charge in [0.25, 0.3) is 0 Å². The third-order valence-electron chi connectivity index (χ3n) is 8.38. The number of guanidine groups is 1. The molecule has 0 aromatic carbocycles. The molecule has 0 saturated heterocycles. The van der Waals surface area contributed by atoms with Gasteiger partial charge in [-0.3, -0.25) is 4.79 Å². The smallest absolute Gasteiger partial charge is 0.186 e. The average molecular weight is 387 g/mol. The van der Waals surface area contributed by atoms with Crippen molar-refractivity contribution in [2.24, 2.45) is 56.1 Å². The van der Waals surface area contributed by atoms with Gasteiger partial charge in [0.05, 0.1) is 12.3 Å². The molecule has 0 bridgehead atoms. The predicted molar refractivity (Wildman–Crippen MR) is 111 cm³/mol. The van der Waals surface area contributed by atoms with Crippen LogP contribution in [0.5, 0.6) is 0 Å². The number of allylic oxidation sites excluding steroid dienone is 2. The maximum atomic E-state index is 12.5. The van der Waals surface area contributed by atoms with Crippen LogP contribution in [0.2, 0.25) is 0 Å². The van der Waals surface area contributed by atoms with Gasteiger partial charge in [-0.1, -0.05) is 31.2 Å². The van der Waals surface area contributed by atoms with E-state index in [-0.39, 0.29) is 11.4 Å². The van der Waals surface area contributed by atoms with Gasteiger partial charge in [-0.15, -0.1) is 0 Å². The summed E-state index contributed by atoms with van der Waals surface area (Å²) < 4.78 is 0. The lowest BCUT2D eigenvalue weighted by Gasteiger charge is -2.57. The third-order valence-corrected chi connectivity index (χ3v) is 8.38. The van der Waals surface area contributed by atoms with Gasteiger partial charge in [0.15, 0.2) is 5.96 Å². The first-order valence-corrected chi connectivity index (χ1v) is 10.8. The first kappa shape index (κ1) is 19.5. The molecule has 4 rings (SSSR count). The summed E-state index contributed by atoms with van der Waals surface area (Å²) in [7, 11) is 0. The number of Topliss-reactive ketones (excluding diaryl/α,β-unsaturated/α-hetero) is 1. The van der Waals surface area contributed by atoms with E-state index in [1.807, 2.05) is 0 Å². The number of oxime groups is 1. The Hall–Kier alpha value is -1.85. The zero-order valence-corrected chi connectivity index (χ0v) is 17.2. The lowest BCUT2D eigenvalue weighted by molar-refractivity contribution is -0.131. The summed E-state index contributed by atoms with van der Waals surface area (Å²) in [5, 5.41) is 4.37. The Kier molecular flexibility index (Phi) is 5.00. The fourth-order valence-electron chi connectivity index (χ4n) is 6.64. The quantitative estimate of drug-likeness (QED) is 0.255. The largest absolute Gasteiger partial charge is 0.394 e. The van der Waals surface area contributed by atoms with Gasteiger partial charge in [-0.2, -0.15) is 0 Å². The van der Waals surface area contributed by atoms with E-state index in [0.29, 0.717) is 48.0 Å². The van der Waals surface area contributed by atoms with Crippen LogP contribution in [0.15, 0.2) is 22.3 Å². The molecule has 3 saturated carbocycles. The summed E-state index contributed by atoms with van der Waals surface area (Å²) in [5.74, 6) is 2.91. The Morgan fingerprint density at radius 1 is 1.18 bits per heavy atom. The normalized spacial score (nSPS) is 43.2. The summed E-state index contributed by atoms with van der Waals surface area (Å²) in [6.07, 6.45) is 12.1. The van der Waals surface area contributed by atoms with Crippen LogP contribution in [-0.4, -0.2) is 30.6 Å². The van der Waals surface area contributed by atoms with E-state index in [1.54, 1.807) is 0 Å². The molecule has 0 aromatic rings. The molecule has 28 heavy (non-hydrogen) atoms. The molecule has 0 heterocycles. The van der Waals surface area contributed by atoms with Crippen molar-refractivity contribution < 1.29 is 9.63 Å². The second kappa shape index (κ2) is 7.20. The standard InChI is InChI=1S/C22H34N4O2/c1-21-9-7-15(26-28-12-11-25-20(23)24)13-14(21)3-4-16-17-5-6-19(27)22(17,2)10-8-18(16)21/h3-4,14,16-18H,5-13H2,1-2H3,(H4,23,24,25)/b26-15-/t14?,16?,17?,18?,21-,22-/m0/s1. The molecule has 4 aliphatic carbocycles. The van der Waals surface area contributed by atoms with E-state index >= 15 is 0 Å². The van der Waals surface area contributed by atoms with E-state index in [0.717, 1.165) is 44.2 Å². The number of nitrogens with two attached hydrogens (primary N) is 2. The molecule has 154 valence electrons. The number of carbonyl (C=O) groups is 1. The summed E-state index contributed by atoms with van der Waals surface area (Å²) in [6.45, 7) is 5.55. The Morgan fingerprint density at radius 2 is 2.00 bits per heavy atom. The molecule has 6 nitrogen and oxygen atoms in total. The van der Waals surface area contributed by atoms with Crippen molar-refractivity contribution in [1.29, 1.82) is 0 Å². The van der Waals surface area contributed by atoms with Gasteiger partial charge in [-0.25, -0.2) is 4.99 Å². The van der Waals surface area contributed by atoms with Crippen LogP contribution in [0, 0.1) is 34.5 Å². The van der Waals surface area contributed by atoms with Crippen LogP contribution in [0.1, 0.15) is 58.8 Å². The number of fused-ring (bicyclic) bond motifs is 5. The van der Waals surface area contributed by atoms with E-state index in [4.69, 9.17) is 16.3 Å². The van der Waals surface area contributed by atoms with Crippen LogP contribution in [0.25, 0.3) is 0 Å². The summed E-state index contributed by atoms with van der Waals surface area (Å²) in [6, 6.07) is 0. The molecule has 0 aliphatic heterocycles. The average Bonchev–Trinajstić information content (AvgIpc) is 2.96. The number of carbonyl (C=O) groups excluding carboxylic acids is 1. The van der Waals surface area contributed by atoms with Crippen LogP contribution in [-0.2, 0) is 9.63 Å². The maximum Gasteiger partial charge on any atom is 0.186 e. The third kappa shape index (κ3) is 3.15. The number of ketones is 1. The molecule has 0 amide bonds. The molecule has 0 radical (unpaired) electrons. The minimum atomic E-state index is -0.0702. The van der Waals surface area contributed by atoms with E-state index in [2.05, 4.69) is 36.1 Å². The fourth-order valence-corrected chi connectivity index (χ4v) is 6.64. The summed E-state index contributed by atoms with van der Waals surface area (Å²) in [4.78, 5) is 21.9. The lowest BCUT2D eigenvalue weighted by atomic mass is 9.47. The number of aliphatic imine (C=N–C) groups is 1. The van der Waals surface area contributed by atoms with E-state index < -0.39 is 0 Å². The number of rotatable bonds is 4. The van der Waals surface area contributed by atoms with Gasteiger partial charge in [-0.05, 0) is 67.6 Å². The molecule has 0 spiro atoms. The summed E-state index contributed by atoms with van der Waals surface area (Å²) in [5.41, 5.74) is 12.0. The van der Waals surface area contributed by atoms with Crippen LogP contribution >= 0.6 is 0 Å². The van der Waals surface area contributed by atoms with Crippen molar-refractivity contribution in [3.05, 3.63) is 12.2 Å². The van der Waals surface area contributed by atoms with E-state index in [1.165, 1.54) is 6.42 Å². The van der Waals surface area contributed by atoms with Crippen molar-refractivity contribution in [2.75, 3.05) is 13.2 Å². The van der Waals surface area contributed by atoms with Crippen molar-refractivity contribution >= 4 is 17.5 Å². The Morgan fingerprint density at radius 3 is 2.79 bits per heavy atom. The van der Waals surface area contributed by atoms with Crippen molar-refractivity contribution in [3.8, 4) is 0 Å². The molecule has 6 heteroatoms. The molecule has 4 N–H and O–H groups in total. The molecule has 6 atom stereocenters. The SMILES string of the molecule is C[C@]12CC/C(=N/OCCN=C(N)N)CC1C=CC1C2CC[C@]2(C)C(=O)CCC12. The number of nitrogens with zero attached hydrogens (tertiary/aromatic N) is 2. The molecular weight excluding hydrogens is 352 g/mol. The van der Waals surface area contributed by atoms with Gasteiger partial charge in [0.1, 0.15) is 12.4 Å². The Labute approximate surface area is 167 Å². The highest BCUT2D eigenvalue weighted by molar-refractivity contribution is 5.87. The Balaban J connectivity index is 1.45. The minimum absolute atomic E-state index is 0.0702. The van der Waals surface area contributed by atoms with Crippen LogP contribution in [0.3, 0.4) is 0 Å². The second-order valence-corrected chi connectivity index (χ2v) is 9.71. The maximum absolute atomic E-state index is 12.5. The van der Waals surface area contributed by atoms with Gasteiger partial charge in [0.2, 0.25) is 0 Å². The van der Waals surface area contributed by atoms with Crippen LogP contribution in [0.4, 0.5) is 0 Å². The van der Waals surface area contributed by atoms with Gasteiger partial charge in [0, 0.05) is 11.8 Å². The van der Waals surface area contributed by atoms with Crippen molar-refractivity contribution in [1.82, 2.24) is 0 Å². The first-order valence-electron chi connectivity index (χ1n) is 10.8. The highest BCUT2D eigenvalue weighted by atomic mass is 16.6. The summed E-state index contributed by atoms with van der Waals surface area (Å²) >= 11 is 0. The van der Waals surface area contributed by atoms with Crippen molar-refractivity contribution in [2.45, 2.75) is 58.8 Å². The number of hydrogen-bond donors (Lipinski definition) is 2. The van der Waals surface area contributed by atoms with Gasteiger partial charge < -0.3 is 16.3 Å². The fraction of sp³-hybridized carbons (Fsp3) is 0.773. The highest BCUT2D eigenvalue weighted by Gasteiger charge is 2.58. The molecule has 4 unspecified atom stereocenters. The monoisotopic (exact) mass is 386 g/mol. The van der Waals surface area contributed by atoms with Crippen LogP contribution < -0.4 is 11.5 Å². The minimum Gasteiger partial charge on any atom is -0.394 e. The van der Waals surface area contributed by atoms with Crippen molar-refractivity contribution in [3.63, 3.8) is 0 Å². The lowest BCUT2D eigenvalue weighted by Crippen LogP contribution is -2.51. The highest BCUT2D eigenvalue weighted by Crippen LogP contribution is 2.63. The van der Waals surface area contributed by atoms with Gasteiger partial charge >= 0.3 is 0 Å². The molecule has 4 aliphatic rings. The van der Waals surface area contributed by atoms with E-state index in [9.17, 15) is 4.79 Å². The predicted octanol–water partition coefficient (Wildman–Crippen LogP) is 3.02. The zero-order chi connectivity index (χ0) is 19.9. The molecule has 3 fully saturated rings. The topological polar surface area (TPSA) is 103 Å². The second-order valence-electron chi connectivity index (χ2n) is 9.71. The first-order chi connectivity index (χ1) is 13.3. The Bertz CT molecular complexity index is 726. The molecule has 0 aromatic heterocycles.